The molecule has 0 aliphatic rings. The Bertz CT molecular complexity index is 671. The Morgan fingerprint density at radius 1 is 0.839 bits per heavy atom. The minimum Gasteiger partial charge on any atom is -0.480 e. The van der Waals surface area contributed by atoms with Crippen LogP contribution in [-0.2, 0) is 28.8 Å². The number of carboxylic acid groups (broad SMARTS) is 1. The first-order chi connectivity index (χ1) is 14.5. The SMILES string of the molecule is NCCCCC(NC(=O)C(N)CC(N)=O)C(=O)NCC(=O)NC(CCC(N)=O)C(=O)O. The third kappa shape index (κ3) is 12.8. The average molecular weight is 445 g/mol. The van der Waals surface area contributed by atoms with E-state index in [9.17, 15) is 28.8 Å². The lowest BCUT2D eigenvalue weighted by atomic mass is 10.1. The summed E-state index contributed by atoms with van der Waals surface area (Å²) in [6.45, 7) is -0.205. The Morgan fingerprint density at radius 3 is 2.00 bits per heavy atom. The number of rotatable bonds is 16. The molecule has 0 rings (SSSR count). The fraction of sp³-hybridized carbons (Fsp3) is 0.647. The van der Waals surface area contributed by atoms with Crippen LogP contribution in [-0.4, -0.2) is 71.8 Å². The van der Waals surface area contributed by atoms with E-state index in [0.29, 0.717) is 19.4 Å². The summed E-state index contributed by atoms with van der Waals surface area (Å²) in [5, 5.41) is 15.9. The molecule has 0 aliphatic heterocycles. The van der Waals surface area contributed by atoms with E-state index in [1.807, 2.05) is 0 Å². The van der Waals surface area contributed by atoms with Crippen molar-refractivity contribution in [3.63, 3.8) is 0 Å². The molecule has 5 amide bonds. The second kappa shape index (κ2) is 14.7. The largest absolute Gasteiger partial charge is 0.480 e. The van der Waals surface area contributed by atoms with Crippen LogP contribution in [0.15, 0.2) is 0 Å². The van der Waals surface area contributed by atoms with Gasteiger partial charge in [-0.15, -0.1) is 0 Å². The standard InChI is InChI=1S/C17H31N7O7/c18-6-2-1-3-10(24-15(28)9(19)7-13(21)26)16(29)22-8-14(27)23-11(17(30)31)4-5-12(20)25/h9-11H,1-8,18-19H2,(H2,20,25)(H2,21,26)(H,22,29)(H,23,27)(H,24,28)(H,30,31). The first kappa shape index (κ1) is 27.7. The molecule has 0 aromatic rings. The van der Waals surface area contributed by atoms with Crippen LogP contribution in [0.1, 0.15) is 38.5 Å². The molecule has 31 heavy (non-hydrogen) atoms. The molecule has 0 aromatic carbocycles. The van der Waals surface area contributed by atoms with Gasteiger partial charge in [0.15, 0.2) is 0 Å². The second-order valence-corrected chi connectivity index (χ2v) is 6.80. The lowest BCUT2D eigenvalue weighted by molar-refractivity contribution is -0.142. The summed E-state index contributed by atoms with van der Waals surface area (Å²) in [6.07, 6.45) is 0.390. The molecule has 0 aliphatic carbocycles. The molecular weight excluding hydrogens is 414 g/mol. The number of carbonyl (C=O) groups excluding carboxylic acids is 5. The van der Waals surface area contributed by atoms with E-state index in [1.165, 1.54) is 0 Å². The van der Waals surface area contributed by atoms with Crippen molar-refractivity contribution in [3.8, 4) is 0 Å². The number of unbranched alkanes of at least 4 members (excludes halogenated alkanes) is 1. The zero-order chi connectivity index (χ0) is 24.0. The zero-order valence-electron chi connectivity index (χ0n) is 17.1. The molecule has 0 saturated heterocycles. The first-order valence-corrected chi connectivity index (χ1v) is 9.60. The number of amides is 5. The van der Waals surface area contributed by atoms with Gasteiger partial charge >= 0.3 is 5.97 Å². The normalized spacial score (nSPS) is 13.4. The van der Waals surface area contributed by atoms with E-state index in [-0.39, 0.29) is 19.3 Å². The van der Waals surface area contributed by atoms with Crippen LogP contribution in [0.25, 0.3) is 0 Å². The Balaban J connectivity index is 4.86. The van der Waals surface area contributed by atoms with Gasteiger partial charge in [-0.2, -0.15) is 0 Å². The van der Waals surface area contributed by atoms with E-state index >= 15 is 0 Å². The third-order valence-electron chi connectivity index (χ3n) is 4.07. The molecule has 3 atom stereocenters. The highest BCUT2D eigenvalue weighted by Crippen LogP contribution is 2.02. The van der Waals surface area contributed by atoms with Crippen molar-refractivity contribution in [1.29, 1.82) is 0 Å². The Kier molecular flexibility index (Phi) is 13.1. The molecule has 3 unspecified atom stereocenters. The quantitative estimate of drug-likeness (QED) is 0.107. The van der Waals surface area contributed by atoms with E-state index < -0.39 is 66.6 Å². The highest BCUT2D eigenvalue weighted by atomic mass is 16.4. The molecule has 0 spiro atoms. The van der Waals surface area contributed by atoms with Gasteiger partial charge in [0.1, 0.15) is 12.1 Å². The number of hydrogen-bond donors (Lipinski definition) is 8. The number of nitrogens with one attached hydrogen (secondary N) is 3. The summed E-state index contributed by atoms with van der Waals surface area (Å²) >= 11 is 0. The van der Waals surface area contributed by atoms with Crippen LogP contribution in [0.3, 0.4) is 0 Å². The maximum atomic E-state index is 12.4. The highest BCUT2D eigenvalue weighted by molar-refractivity contribution is 5.93. The summed E-state index contributed by atoms with van der Waals surface area (Å²) in [4.78, 5) is 69.3. The maximum Gasteiger partial charge on any atom is 0.326 e. The van der Waals surface area contributed by atoms with Gasteiger partial charge < -0.3 is 44.0 Å². The predicted molar refractivity (Wildman–Crippen MR) is 108 cm³/mol. The molecule has 14 heteroatoms. The fourth-order valence-electron chi connectivity index (χ4n) is 2.43. The number of carboxylic acids is 1. The van der Waals surface area contributed by atoms with E-state index in [4.69, 9.17) is 28.0 Å². The van der Waals surface area contributed by atoms with Crippen LogP contribution in [0.4, 0.5) is 0 Å². The monoisotopic (exact) mass is 445 g/mol. The molecule has 0 aromatic heterocycles. The number of nitrogens with two attached hydrogens (primary N) is 4. The summed E-state index contributed by atoms with van der Waals surface area (Å²) in [6, 6.07) is -3.66. The van der Waals surface area contributed by atoms with Crippen molar-refractivity contribution in [3.05, 3.63) is 0 Å². The van der Waals surface area contributed by atoms with Crippen LogP contribution in [0.2, 0.25) is 0 Å². The Morgan fingerprint density at radius 2 is 1.48 bits per heavy atom. The molecule has 0 saturated carbocycles. The summed E-state index contributed by atoms with van der Waals surface area (Å²) in [5.74, 6) is -5.17. The van der Waals surface area contributed by atoms with Crippen molar-refractivity contribution >= 4 is 35.5 Å². The Labute approximate surface area is 178 Å². The van der Waals surface area contributed by atoms with Crippen molar-refractivity contribution in [2.75, 3.05) is 13.1 Å². The molecule has 12 N–H and O–H groups in total. The summed E-state index contributed by atoms with van der Waals surface area (Å²) in [5.41, 5.74) is 20.9. The number of aliphatic carboxylic acids is 1. The van der Waals surface area contributed by atoms with Gasteiger partial charge in [-0.05, 0) is 32.2 Å². The van der Waals surface area contributed by atoms with Gasteiger partial charge in [0.2, 0.25) is 29.5 Å². The molecule has 14 nitrogen and oxygen atoms in total. The topological polar surface area (TPSA) is 263 Å². The van der Waals surface area contributed by atoms with Gasteiger partial charge in [0, 0.05) is 6.42 Å². The van der Waals surface area contributed by atoms with E-state index in [0.717, 1.165) is 0 Å². The van der Waals surface area contributed by atoms with Crippen LogP contribution >= 0.6 is 0 Å². The van der Waals surface area contributed by atoms with E-state index in [2.05, 4.69) is 16.0 Å². The van der Waals surface area contributed by atoms with Crippen molar-refractivity contribution in [2.45, 2.75) is 56.7 Å². The van der Waals surface area contributed by atoms with Gasteiger partial charge in [-0.25, -0.2) is 4.79 Å². The molecule has 0 bridgehead atoms. The number of primary amides is 2. The Hall–Kier alpha value is -3.26. The van der Waals surface area contributed by atoms with Crippen LogP contribution in [0, 0.1) is 0 Å². The molecule has 0 radical (unpaired) electrons. The summed E-state index contributed by atoms with van der Waals surface area (Å²) in [7, 11) is 0. The smallest absolute Gasteiger partial charge is 0.326 e. The predicted octanol–water partition coefficient (Wildman–Crippen LogP) is -4.25. The minimum absolute atomic E-state index is 0.191. The summed E-state index contributed by atoms with van der Waals surface area (Å²) < 4.78 is 0. The third-order valence-corrected chi connectivity index (χ3v) is 4.07. The lowest BCUT2D eigenvalue weighted by Crippen LogP contribution is -2.54. The molecular formula is C17H31N7O7. The fourth-order valence-corrected chi connectivity index (χ4v) is 2.43. The lowest BCUT2D eigenvalue weighted by Gasteiger charge is -2.20. The van der Waals surface area contributed by atoms with E-state index in [1.54, 1.807) is 0 Å². The zero-order valence-corrected chi connectivity index (χ0v) is 17.1. The van der Waals surface area contributed by atoms with Gasteiger partial charge in [0.25, 0.3) is 0 Å². The van der Waals surface area contributed by atoms with Crippen LogP contribution in [0.5, 0.6) is 0 Å². The number of carbonyl (C=O) groups is 6. The molecule has 0 fully saturated rings. The van der Waals surface area contributed by atoms with Crippen LogP contribution < -0.4 is 38.9 Å². The maximum absolute atomic E-state index is 12.4. The van der Waals surface area contributed by atoms with Gasteiger partial charge in [0.05, 0.1) is 19.0 Å². The van der Waals surface area contributed by atoms with Gasteiger partial charge in [-0.3, -0.25) is 24.0 Å². The second-order valence-electron chi connectivity index (χ2n) is 6.80. The molecule has 176 valence electrons. The highest BCUT2D eigenvalue weighted by Gasteiger charge is 2.25. The van der Waals surface area contributed by atoms with Crippen molar-refractivity contribution in [1.82, 2.24) is 16.0 Å². The number of hydrogen-bond acceptors (Lipinski definition) is 8. The average Bonchev–Trinajstić information content (AvgIpc) is 2.67. The minimum atomic E-state index is -1.36. The molecule has 0 heterocycles. The van der Waals surface area contributed by atoms with Crippen molar-refractivity contribution in [2.24, 2.45) is 22.9 Å². The van der Waals surface area contributed by atoms with Gasteiger partial charge in [-0.1, -0.05) is 0 Å². The van der Waals surface area contributed by atoms with Crippen molar-refractivity contribution < 1.29 is 33.9 Å². The first-order valence-electron chi connectivity index (χ1n) is 9.60.